The summed E-state index contributed by atoms with van der Waals surface area (Å²) in [4.78, 5) is 17.5. The lowest BCUT2D eigenvalue weighted by Gasteiger charge is -2.25. The third kappa shape index (κ3) is 3.49. The Morgan fingerprint density at radius 3 is 2.79 bits per heavy atom. The number of carbonyl (C=O) groups is 1. The summed E-state index contributed by atoms with van der Waals surface area (Å²) >= 11 is 0. The number of hydrogen-bond donors (Lipinski definition) is 2. The van der Waals surface area contributed by atoms with E-state index in [9.17, 15) is 9.90 Å². The van der Waals surface area contributed by atoms with Crippen LogP contribution in [0.1, 0.15) is 59.6 Å². The van der Waals surface area contributed by atoms with Gasteiger partial charge in [0.2, 0.25) is 5.95 Å². The summed E-state index contributed by atoms with van der Waals surface area (Å²) in [5.74, 6) is 0.233. The third-order valence-electron chi connectivity index (χ3n) is 5.36. The van der Waals surface area contributed by atoms with Crippen molar-refractivity contribution in [2.24, 2.45) is 0 Å². The van der Waals surface area contributed by atoms with Gasteiger partial charge in [-0.15, -0.1) is 0 Å². The van der Waals surface area contributed by atoms with Gasteiger partial charge in [-0.3, -0.25) is 10.1 Å². The molecule has 0 radical (unpaired) electrons. The molecule has 1 amide bonds. The first-order chi connectivity index (χ1) is 13.7. The highest BCUT2D eigenvalue weighted by Gasteiger charge is 2.23. The molecular weight excluding hydrogens is 352 g/mol. The molecule has 1 fully saturated rings. The van der Waals surface area contributed by atoms with Crippen LogP contribution in [-0.2, 0) is 6.61 Å². The molecule has 1 heterocycles. The van der Waals surface area contributed by atoms with E-state index in [4.69, 9.17) is 5.26 Å². The number of nitrogens with zero attached hydrogens (tertiary/aromatic N) is 3. The van der Waals surface area contributed by atoms with Crippen LogP contribution in [0.15, 0.2) is 42.5 Å². The van der Waals surface area contributed by atoms with Crippen molar-refractivity contribution in [3.05, 3.63) is 59.2 Å². The zero-order valence-electron chi connectivity index (χ0n) is 15.6. The normalized spacial score (nSPS) is 14.7. The number of nitrogens with one attached hydrogen (secondary N) is 1. The number of hydrogen-bond acceptors (Lipinski definition) is 4. The van der Waals surface area contributed by atoms with E-state index in [1.807, 2.05) is 18.2 Å². The maximum Gasteiger partial charge on any atom is 0.258 e. The zero-order chi connectivity index (χ0) is 19.5. The molecule has 4 rings (SSSR count). The number of benzene rings is 2. The Kier molecular flexibility index (Phi) is 5.09. The quantitative estimate of drug-likeness (QED) is 0.717. The molecule has 6 nitrogen and oxygen atoms in total. The maximum atomic E-state index is 12.8. The largest absolute Gasteiger partial charge is 0.392 e. The minimum absolute atomic E-state index is 0.0468. The number of amides is 1. The van der Waals surface area contributed by atoms with E-state index in [2.05, 4.69) is 20.9 Å². The number of rotatable bonds is 4. The number of aliphatic hydroxyl groups excluding tert-OH is 1. The molecule has 1 aliphatic rings. The van der Waals surface area contributed by atoms with Crippen LogP contribution in [0.4, 0.5) is 5.95 Å². The average molecular weight is 374 g/mol. The van der Waals surface area contributed by atoms with Gasteiger partial charge >= 0.3 is 0 Å². The molecule has 1 aromatic heterocycles. The Morgan fingerprint density at radius 1 is 1.21 bits per heavy atom. The summed E-state index contributed by atoms with van der Waals surface area (Å²) in [5, 5.41) is 21.5. The standard InChI is InChI=1S/C22H22N4O2/c23-13-15-5-4-6-17(11-15)21(28)25-22-24-19-12-16(14-27)9-10-20(19)26(22)18-7-2-1-3-8-18/h4-6,9-12,18,27H,1-3,7-8,14H2,(H,24,25,28). The second kappa shape index (κ2) is 7.83. The summed E-state index contributed by atoms with van der Waals surface area (Å²) in [6.07, 6.45) is 5.67. The van der Waals surface area contributed by atoms with E-state index in [0.29, 0.717) is 23.1 Å². The fourth-order valence-electron chi connectivity index (χ4n) is 3.94. The maximum absolute atomic E-state index is 12.8. The molecule has 6 heteroatoms. The van der Waals surface area contributed by atoms with Crippen molar-refractivity contribution in [3.63, 3.8) is 0 Å². The number of anilines is 1. The Hall–Kier alpha value is -3.17. The smallest absolute Gasteiger partial charge is 0.258 e. The second-order valence-corrected chi connectivity index (χ2v) is 7.23. The highest BCUT2D eigenvalue weighted by atomic mass is 16.3. The number of nitriles is 1. The van der Waals surface area contributed by atoms with Gasteiger partial charge < -0.3 is 9.67 Å². The zero-order valence-corrected chi connectivity index (χ0v) is 15.6. The van der Waals surface area contributed by atoms with Gasteiger partial charge in [0.25, 0.3) is 5.91 Å². The van der Waals surface area contributed by atoms with Crippen LogP contribution >= 0.6 is 0 Å². The van der Waals surface area contributed by atoms with Crippen molar-refractivity contribution < 1.29 is 9.90 Å². The van der Waals surface area contributed by atoms with E-state index < -0.39 is 0 Å². The summed E-state index contributed by atoms with van der Waals surface area (Å²) in [6.45, 7) is -0.0468. The molecular formula is C22H22N4O2. The van der Waals surface area contributed by atoms with Crippen molar-refractivity contribution >= 4 is 22.9 Å². The molecule has 0 spiro atoms. The molecule has 0 bridgehead atoms. The summed E-state index contributed by atoms with van der Waals surface area (Å²) < 4.78 is 2.13. The van der Waals surface area contributed by atoms with Crippen LogP contribution in [-0.4, -0.2) is 20.6 Å². The topological polar surface area (TPSA) is 90.9 Å². The molecule has 0 aliphatic heterocycles. The summed E-state index contributed by atoms with van der Waals surface area (Å²) in [7, 11) is 0. The van der Waals surface area contributed by atoms with Gasteiger partial charge in [0.15, 0.2) is 0 Å². The number of aliphatic hydroxyl groups is 1. The van der Waals surface area contributed by atoms with Crippen molar-refractivity contribution in [2.45, 2.75) is 44.8 Å². The van der Waals surface area contributed by atoms with Crippen molar-refractivity contribution in [1.29, 1.82) is 5.26 Å². The van der Waals surface area contributed by atoms with Crippen LogP contribution in [0, 0.1) is 11.3 Å². The lowest BCUT2D eigenvalue weighted by Crippen LogP contribution is -2.20. The molecule has 1 saturated carbocycles. The molecule has 0 atom stereocenters. The highest BCUT2D eigenvalue weighted by Crippen LogP contribution is 2.34. The van der Waals surface area contributed by atoms with E-state index in [-0.39, 0.29) is 12.5 Å². The number of fused-ring (bicyclic) bond motifs is 1. The molecule has 28 heavy (non-hydrogen) atoms. The molecule has 0 unspecified atom stereocenters. The van der Waals surface area contributed by atoms with Crippen LogP contribution < -0.4 is 5.32 Å². The predicted molar refractivity (Wildman–Crippen MR) is 107 cm³/mol. The van der Waals surface area contributed by atoms with Crippen LogP contribution in [0.3, 0.4) is 0 Å². The van der Waals surface area contributed by atoms with Gasteiger partial charge in [0.1, 0.15) is 0 Å². The molecule has 2 aromatic carbocycles. The van der Waals surface area contributed by atoms with Crippen molar-refractivity contribution in [1.82, 2.24) is 9.55 Å². The second-order valence-electron chi connectivity index (χ2n) is 7.23. The fourth-order valence-corrected chi connectivity index (χ4v) is 3.94. The lowest BCUT2D eigenvalue weighted by atomic mass is 9.95. The molecule has 2 N–H and O–H groups in total. The van der Waals surface area contributed by atoms with E-state index >= 15 is 0 Å². The van der Waals surface area contributed by atoms with E-state index in [0.717, 1.165) is 42.3 Å². The first-order valence-electron chi connectivity index (χ1n) is 9.63. The monoisotopic (exact) mass is 374 g/mol. The molecule has 142 valence electrons. The van der Waals surface area contributed by atoms with Gasteiger partial charge in [-0.2, -0.15) is 5.26 Å². The SMILES string of the molecule is N#Cc1cccc(C(=O)Nc2nc3cc(CO)ccc3n2C2CCCCC2)c1. The first-order valence-corrected chi connectivity index (χ1v) is 9.63. The number of aromatic nitrogens is 2. The predicted octanol–water partition coefficient (Wildman–Crippen LogP) is 4.16. The minimum Gasteiger partial charge on any atom is -0.392 e. The summed E-state index contributed by atoms with van der Waals surface area (Å²) in [6, 6.07) is 14.7. The van der Waals surface area contributed by atoms with Gasteiger partial charge in [-0.05, 0) is 48.7 Å². The Morgan fingerprint density at radius 2 is 2.04 bits per heavy atom. The van der Waals surface area contributed by atoms with E-state index in [1.165, 1.54) is 6.42 Å². The van der Waals surface area contributed by atoms with Crippen molar-refractivity contribution in [2.75, 3.05) is 5.32 Å². The molecule has 0 saturated heterocycles. The van der Waals surface area contributed by atoms with E-state index in [1.54, 1.807) is 24.3 Å². The Bertz CT molecular complexity index is 1060. The Balaban J connectivity index is 1.74. The molecule has 1 aliphatic carbocycles. The van der Waals surface area contributed by atoms with Gasteiger partial charge in [-0.1, -0.05) is 31.4 Å². The minimum atomic E-state index is -0.285. The highest BCUT2D eigenvalue weighted by molar-refractivity contribution is 6.04. The molecule has 3 aromatic rings. The third-order valence-corrected chi connectivity index (χ3v) is 5.36. The van der Waals surface area contributed by atoms with Gasteiger partial charge in [-0.25, -0.2) is 4.98 Å². The lowest BCUT2D eigenvalue weighted by molar-refractivity contribution is 0.102. The van der Waals surface area contributed by atoms with Crippen molar-refractivity contribution in [3.8, 4) is 6.07 Å². The number of imidazole rings is 1. The summed E-state index contributed by atoms with van der Waals surface area (Å²) in [5.41, 5.74) is 3.39. The van der Waals surface area contributed by atoms with Crippen LogP contribution in [0.5, 0.6) is 0 Å². The van der Waals surface area contributed by atoms with Crippen LogP contribution in [0.25, 0.3) is 11.0 Å². The first kappa shape index (κ1) is 18.2. The van der Waals surface area contributed by atoms with Gasteiger partial charge in [0.05, 0.1) is 29.3 Å². The van der Waals surface area contributed by atoms with Gasteiger partial charge in [0, 0.05) is 11.6 Å². The number of carbonyl (C=O) groups excluding carboxylic acids is 1. The fraction of sp³-hybridized carbons (Fsp3) is 0.318. The average Bonchev–Trinajstić information content (AvgIpc) is 3.11. The Labute approximate surface area is 163 Å². The van der Waals surface area contributed by atoms with Crippen LogP contribution in [0.2, 0.25) is 0 Å².